The van der Waals surface area contributed by atoms with Gasteiger partial charge in [-0.15, -0.1) is 0 Å². The third-order valence-electron chi connectivity index (χ3n) is 3.47. The molecular weight excluding hydrogens is 299 g/mol. The first-order valence-corrected chi connectivity index (χ1v) is 6.99. The summed E-state index contributed by atoms with van der Waals surface area (Å²) in [5.74, 6) is -0.675. The predicted molar refractivity (Wildman–Crippen MR) is 83.4 cm³/mol. The van der Waals surface area contributed by atoms with Crippen LogP contribution >= 0.6 is 0 Å². The number of benzene rings is 2. The minimum Gasteiger partial charge on any atom is -0.485 e. The molecule has 0 bridgehead atoms. The molecule has 0 N–H and O–H groups in total. The summed E-state index contributed by atoms with van der Waals surface area (Å²) in [7, 11) is 0. The largest absolute Gasteiger partial charge is 0.485 e. The van der Waals surface area contributed by atoms with Gasteiger partial charge in [-0.25, -0.2) is 9.18 Å². The maximum atomic E-state index is 13.5. The van der Waals surface area contributed by atoms with E-state index in [1.54, 1.807) is 24.3 Å². The number of ether oxygens (including phenoxy) is 1. The Morgan fingerprint density at radius 3 is 2.74 bits per heavy atom. The van der Waals surface area contributed by atoms with Gasteiger partial charge in [-0.1, -0.05) is 12.1 Å². The summed E-state index contributed by atoms with van der Waals surface area (Å²) in [5.41, 5.74) is 0.710. The molecule has 0 radical (unpaired) electrons. The van der Waals surface area contributed by atoms with Crippen LogP contribution in [0.15, 0.2) is 57.7 Å². The summed E-state index contributed by atoms with van der Waals surface area (Å²) in [4.78, 5) is 23.4. The molecule has 0 aliphatic heterocycles. The van der Waals surface area contributed by atoms with Crippen LogP contribution in [0, 0.1) is 12.7 Å². The van der Waals surface area contributed by atoms with Crippen LogP contribution < -0.4 is 10.4 Å². The molecule has 1 heterocycles. The number of hydrogen-bond acceptors (Lipinski definition) is 4. The van der Waals surface area contributed by atoms with Crippen molar-refractivity contribution >= 4 is 16.8 Å². The molecule has 1 aromatic heterocycles. The second-order valence-corrected chi connectivity index (χ2v) is 5.10. The van der Waals surface area contributed by atoms with Crippen molar-refractivity contribution in [1.29, 1.82) is 0 Å². The van der Waals surface area contributed by atoms with Crippen molar-refractivity contribution in [3.8, 4) is 5.75 Å². The number of Topliss-reactive ketones (excluding diaryl/α,β-unsaturated/α-hetero) is 1. The van der Waals surface area contributed by atoms with Crippen LogP contribution in [-0.2, 0) is 0 Å². The van der Waals surface area contributed by atoms with Gasteiger partial charge < -0.3 is 9.15 Å². The first-order chi connectivity index (χ1) is 11.0. The number of carbonyl (C=O) groups excluding carboxylic acids is 1. The van der Waals surface area contributed by atoms with E-state index in [1.165, 1.54) is 24.3 Å². The highest BCUT2D eigenvalue weighted by molar-refractivity contribution is 5.97. The Bertz CT molecular complexity index is 943. The molecule has 0 saturated carbocycles. The average Bonchev–Trinajstić information content (AvgIpc) is 2.52. The topological polar surface area (TPSA) is 56.5 Å². The third kappa shape index (κ3) is 3.13. The standard InChI is InChI=1S/C18H13FO4/c1-11-8-18(21)23-17-9-12(6-7-13(11)17)22-10-16(20)14-4-2-3-5-15(14)19/h2-9H,10H2,1H3. The molecule has 0 aliphatic rings. The quantitative estimate of drug-likeness (QED) is 0.546. The van der Waals surface area contributed by atoms with Crippen molar-refractivity contribution in [2.75, 3.05) is 6.61 Å². The number of aryl methyl sites for hydroxylation is 1. The highest BCUT2D eigenvalue weighted by Gasteiger charge is 2.12. The smallest absolute Gasteiger partial charge is 0.336 e. The summed E-state index contributed by atoms with van der Waals surface area (Å²) < 4.78 is 24.0. The number of rotatable bonds is 4. The van der Waals surface area contributed by atoms with Gasteiger partial charge in [0.05, 0.1) is 5.56 Å². The van der Waals surface area contributed by atoms with Crippen molar-refractivity contribution < 1.29 is 18.3 Å². The Hall–Kier alpha value is -2.95. The normalized spacial score (nSPS) is 10.7. The lowest BCUT2D eigenvalue weighted by atomic mass is 10.1. The van der Waals surface area contributed by atoms with Gasteiger partial charge in [0.25, 0.3) is 0 Å². The second kappa shape index (κ2) is 6.04. The minimum atomic E-state index is -0.582. The molecule has 23 heavy (non-hydrogen) atoms. The Morgan fingerprint density at radius 2 is 1.96 bits per heavy atom. The van der Waals surface area contributed by atoms with Gasteiger partial charge >= 0.3 is 5.63 Å². The molecule has 0 atom stereocenters. The van der Waals surface area contributed by atoms with Crippen molar-refractivity contribution in [1.82, 2.24) is 0 Å². The lowest BCUT2D eigenvalue weighted by Gasteiger charge is -2.07. The zero-order valence-electron chi connectivity index (χ0n) is 12.3. The van der Waals surface area contributed by atoms with E-state index < -0.39 is 17.2 Å². The highest BCUT2D eigenvalue weighted by atomic mass is 19.1. The van der Waals surface area contributed by atoms with Crippen LogP contribution in [-0.4, -0.2) is 12.4 Å². The Balaban J connectivity index is 1.81. The van der Waals surface area contributed by atoms with Crippen molar-refractivity contribution in [2.45, 2.75) is 6.92 Å². The van der Waals surface area contributed by atoms with Gasteiger partial charge in [0.1, 0.15) is 17.1 Å². The molecule has 0 saturated heterocycles. The molecule has 4 nitrogen and oxygen atoms in total. The number of carbonyl (C=O) groups is 1. The van der Waals surface area contributed by atoms with Gasteiger partial charge in [-0.3, -0.25) is 4.79 Å². The van der Waals surface area contributed by atoms with E-state index in [9.17, 15) is 14.0 Å². The van der Waals surface area contributed by atoms with E-state index in [4.69, 9.17) is 9.15 Å². The van der Waals surface area contributed by atoms with Crippen molar-refractivity contribution in [2.24, 2.45) is 0 Å². The second-order valence-electron chi connectivity index (χ2n) is 5.10. The fourth-order valence-electron chi connectivity index (χ4n) is 2.31. The minimum absolute atomic E-state index is 0.0179. The van der Waals surface area contributed by atoms with Crippen LogP contribution in [0.25, 0.3) is 11.0 Å². The third-order valence-corrected chi connectivity index (χ3v) is 3.47. The molecule has 0 spiro atoms. The molecule has 2 aromatic carbocycles. The van der Waals surface area contributed by atoms with Crippen LogP contribution in [0.3, 0.4) is 0 Å². The number of halogens is 1. The lowest BCUT2D eigenvalue weighted by Crippen LogP contribution is -2.13. The molecule has 0 amide bonds. The zero-order chi connectivity index (χ0) is 16.4. The summed E-state index contributed by atoms with van der Waals surface area (Å²) in [6.45, 7) is 1.50. The van der Waals surface area contributed by atoms with E-state index in [2.05, 4.69) is 0 Å². The van der Waals surface area contributed by atoms with E-state index in [0.717, 1.165) is 10.9 Å². The number of fused-ring (bicyclic) bond motifs is 1. The van der Waals surface area contributed by atoms with E-state index in [-0.39, 0.29) is 12.2 Å². The summed E-state index contributed by atoms with van der Waals surface area (Å²) in [5, 5.41) is 0.789. The summed E-state index contributed by atoms with van der Waals surface area (Å²) in [6, 6.07) is 12.1. The number of ketones is 1. The predicted octanol–water partition coefficient (Wildman–Crippen LogP) is 3.50. The Labute approximate surface area is 131 Å². The molecule has 5 heteroatoms. The zero-order valence-corrected chi connectivity index (χ0v) is 12.3. The van der Waals surface area contributed by atoms with Gasteiger partial charge in [0.2, 0.25) is 5.78 Å². The molecule has 0 aliphatic carbocycles. The maximum Gasteiger partial charge on any atom is 0.336 e. The first-order valence-electron chi connectivity index (χ1n) is 6.99. The molecular formula is C18H13FO4. The fourth-order valence-corrected chi connectivity index (χ4v) is 2.31. The van der Waals surface area contributed by atoms with E-state index in [0.29, 0.717) is 11.3 Å². The first kappa shape index (κ1) is 15.0. The van der Waals surface area contributed by atoms with Crippen LogP contribution in [0.1, 0.15) is 15.9 Å². The Kier molecular flexibility index (Phi) is 3.93. The van der Waals surface area contributed by atoms with Crippen LogP contribution in [0.2, 0.25) is 0 Å². The number of hydrogen-bond donors (Lipinski definition) is 0. The average molecular weight is 312 g/mol. The lowest BCUT2D eigenvalue weighted by molar-refractivity contribution is 0.0917. The van der Waals surface area contributed by atoms with E-state index >= 15 is 0 Å². The summed E-state index contributed by atoms with van der Waals surface area (Å²) in [6.07, 6.45) is 0. The van der Waals surface area contributed by atoms with Gasteiger partial charge in [-0.2, -0.15) is 0 Å². The molecule has 116 valence electrons. The highest BCUT2D eigenvalue weighted by Crippen LogP contribution is 2.22. The van der Waals surface area contributed by atoms with Gasteiger partial charge in [0.15, 0.2) is 6.61 Å². The SMILES string of the molecule is Cc1cc(=O)oc2cc(OCC(=O)c3ccccc3F)ccc12. The molecule has 3 rings (SSSR count). The molecule has 0 unspecified atom stereocenters. The monoisotopic (exact) mass is 312 g/mol. The van der Waals surface area contributed by atoms with Crippen LogP contribution in [0.5, 0.6) is 5.75 Å². The molecule has 3 aromatic rings. The van der Waals surface area contributed by atoms with Crippen molar-refractivity contribution in [3.63, 3.8) is 0 Å². The molecule has 0 fully saturated rings. The van der Waals surface area contributed by atoms with Gasteiger partial charge in [-0.05, 0) is 36.8 Å². The van der Waals surface area contributed by atoms with Gasteiger partial charge in [0, 0.05) is 17.5 Å². The van der Waals surface area contributed by atoms with E-state index in [1.807, 2.05) is 6.92 Å². The maximum absolute atomic E-state index is 13.5. The van der Waals surface area contributed by atoms with Crippen molar-refractivity contribution in [3.05, 3.63) is 75.9 Å². The van der Waals surface area contributed by atoms with Crippen LogP contribution in [0.4, 0.5) is 4.39 Å². The Morgan fingerprint density at radius 1 is 1.17 bits per heavy atom. The summed E-state index contributed by atoms with van der Waals surface area (Å²) >= 11 is 0. The fraction of sp³-hybridized carbons (Fsp3) is 0.111.